The fourth-order valence-electron chi connectivity index (χ4n) is 9.42. The van der Waals surface area contributed by atoms with Gasteiger partial charge in [-0.15, -0.1) is 0 Å². The minimum atomic E-state index is -3.55. The predicted octanol–water partition coefficient (Wildman–Crippen LogP) is 3.62. The van der Waals surface area contributed by atoms with Gasteiger partial charge in [0.25, 0.3) is 5.91 Å². The molecule has 0 radical (unpaired) electrons. The fourth-order valence-corrected chi connectivity index (χ4v) is 10.9. The number of carbonyl (C=O) groups excluding carboxylic acids is 5. The van der Waals surface area contributed by atoms with E-state index >= 15 is 0 Å². The molecule has 0 aromatic heterocycles. The summed E-state index contributed by atoms with van der Waals surface area (Å²) in [5.74, 6) is -2.59. The van der Waals surface area contributed by atoms with Crippen LogP contribution >= 0.6 is 0 Å². The minimum absolute atomic E-state index is 0.0901. The number of ketones is 1. The van der Waals surface area contributed by atoms with Crippen molar-refractivity contribution in [2.24, 2.45) is 29.1 Å². The number of sulfone groups is 1. The summed E-state index contributed by atoms with van der Waals surface area (Å²) in [6.45, 7) is 13.5. The van der Waals surface area contributed by atoms with Crippen LogP contribution in [-0.2, 0) is 29.0 Å². The maximum Gasteiger partial charge on any atom is 0.315 e. The van der Waals surface area contributed by atoms with E-state index < -0.39 is 61.4 Å². The maximum atomic E-state index is 14.7. The second-order valence-electron chi connectivity index (χ2n) is 17.5. The average Bonchev–Trinajstić information content (AvgIpc) is 3.80. The number of urea groups is 1. The van der Waals surface area contributed by atoms with Gasteiger partial charge in [0.15, 0.2) is 9.84 Å². The first kappa shape index (κ1) is 38.5. The lowest BCUT2D eigenvalue weighted by Gasteiger charge is -2.41. The number of nitrogens with one attached hydrogen (secondary N) is 4. The lowest BCUT2D eigenvalue weighted by atomic mass is 9.82. The van der Waals surface area contributed by atoms with Crippen molar-refractivity contribution in [3.8, 4) is 0 Å². The summed E-state index contributed by atoms with van der Waals surface area (Å²) < 4.78 is 25.8. The van der Waals surface area contributed by atoms with Crippen LogP contribution < -0.4 is 21.3 Å². The third-order valence-corrected chi connectivity index (χ3v) is 15.7. The van der Waals surface area contributed by atoms with Crippen LogP contribution in [0.1, 0.15) is 126 Å². The molecule has 12 nitrogen and oxygen atoms in total. The van der Waals surface area contributed by atoms with Crippen LogP contribution in [0.25, 0.3) is 0 Å². The minimum Gasteiger partial charge on any atom is -0.350 e. The Morgan fingerprint density at radius 3 is 2.08 bits per heavy atom. The van der Waals surface area contributed by atoms with Crippen LogP contribution in [0.15, 0.2) is 0 Å². The van der Waals surface area contributed by atoms with Crippen molar-refractivity contribution in [1.82, 2.24) is 26.2 Å². The number of amides is 5. The monoisotopic (exact) mass is 719 g/mol. The predicted molar refractivity (Wildman–Crippen MR) is 191 cm³/mol. The molecule has 0 aromatic carbocycles. The number of nitrogens with zero attached hydrogens (tertiary/aromatic N) is 1. The Kier molecular flexibility index (Phi) is 10.8. The lowest BCUT2D eigenvalue weighted by Crippen LogP contribution is -2.63. The third-order valence-electron chi connectivity index (χ3n) is 12.9. The van der Waals surface area contributed by atoms with Gasteiger partial charge >= 0.3 is 6.03 Å². The fraction of sp³-hybridized carbons (Fsp3) is 0.865. The number of carbonyl (C=O) groups is 5. The zero-order valence-electron chi connectivity index (χ0n) is 31.3. The average molecular weight is 720 g/mol. The lowest BCUT2D eigenvalue weighted by molar-refractivity contribution is -0.145. The molecule has 1 aliphatic heterocycles. The van der Waals surface area contributed by atoms with Crippen molar-refractivity contribution in [1.29, 1.82) is 0 Å². The molecule has 3 unspecified atom stereocenters. The van der Waals surface area contributed by atoms with E-state index in [1.807, 2.05) is 6.92 Å². The molecule has 5 amide bonds. The van der Waals surface area contributed by atoms with Crippen molar-refractivity contribution in [3.63, 3.8) is 0 Å². The standard InChI is InChI=1S/C37H61N5O7S/c1-8-24-20-37(24,29(43)31(45)38-9-2)40-30(44)28-26-25(35(26,6)7)21-42(28)32(46)27(23-16-12-10-13-17-23)39-33(47)41-36(18-14-11-15-19-36)22-50(48,49)34(3,4)5/h23-28H,8-22H2,1-7H3,(H,38,45)(H,40,44)(H2,39,41,47)/t24-,25?,26?,27-,28+,37?/m1/s1. The number of Topliss-reactive ketones (excluding diaryl/α,β-unsaturated/α-hetero) is 1. The first-order chi connectivity index (χ1) is 23.3. The molecule has 0 bridgehead atoms. The van der Waals surface area contributed by atoms with E-state index in [0.29, 0.717) is 38.8 Å². The molecule has 1 heterocycles. The number of rotatable bonds is 12. The molecule has 6 atom stereocenters. The quantitative estimate of drug-likeness (QED) is 0.223. The van der Waals surface area contributed by atoms with Gasteiger partial charge in [0, 0.05) is 13.1 Å². The summed E-state index contributed by atoms with van der Waals surface area (Å²) in [5, 5.41) is 11.6. The summed E-state index contributed by atoms with van der Waals surface area (Å²) in [6.07, 6.45) is 9.07. The zero-order chi connectivity index (χ0) is 36.9. The summed E-state index contributed by atoms with van der Waals surface area (Å²) in [6, 6.07) is -2.28. The molecule has 1 saturated heterocycles. The van der Waals surface area contributed by atoms with Crippen molar-refractivity contribution in [2.45, 2.75) is 153 Å². The normalized spacial score (nSPS) is 30.7. The Morgan fingerprint density at radius 2 is 1.52 bits per heavy atom. The number of likely N-dealkylation sites (tertiary alicyclic amines) is 1. The van der Waals surface area contributed by atoms with E-state index in [4.69, 9.17) is 0 Å². The van der Waals surface area contributed by atoms with Gasteiger partial charge < -0.3 is 26.2 Å². The molecule has 5 fully saturated rings. The van der Waals surface area contributed by atoms with E-state index in [1.54, 1.807) is 32.6 Å². The molecule has 4 saturated carbocycles. The molecular formula is C37H61N5O7S. The molecule has 282 valence electrons. The van der Waals surface area contributed by atoms with Gasteiger partial charge in [0.05, 0.1) is 16.0 Å². The van der Waals surface area contributed by atoms with Gasteiger partial charge in [-0.05, 0) is 88.9 Å². The Morgan fingerprint density at radius 1 is 0.900 bits per heavy atom. The van der Waals surface area contributed by atoms with Crippen LogP contribution in [-0.4, -0.2) is 89.6 Å². The summed E-state index contributed by atoms with van der Waals surface area (Å²) in [7, 11) is -3.55. The number of hydrogen-bond donors (Lipinski definition) is 4. The molecule has 0 spiro atoms. The third kappa shape index (κ3) is 7.31. The van der Waals surface area contributed by atoms with Crippen molar-refractivity contribution in [2.75, 3.05) is 18.8 Å². The van der Waals surface area contributed by atoms with Crippen LogP contribution in [0.2, 0.25) is 0 Å². The first-order valence-corrected chi connectivity index (χ1v) is 20.8. The summed E-state index contributed by atoms with van der Waals surface area (Å²) in [4.78, 5) is 70.5. The molecule has 5 aliphatic rings. The molecule has 13 heteroatoms. The van der Waals surface area contributed by atoms with Crippen molar-refractivity contribution < 1.29 is 32.4 Å². The van der Waals surface area contributed by atoms with Gasteiger partial charge in [-0.1, -0.05) is 65.7 Å². The van der Waals surface area contributed by atoms with Gasteiger partial charge in [-0.25, -0.2) is 13.2 Å². The Hall–Kier alpha value is -2.70. The van der Waals surface area contributed by atoms with E-state index in [0.717, 1.165) is 51.4 Å². The van der Waals surface area contributed by atoms with Gasteiger partial charge in [0.2, 0.25) is 17.6 Å². The zero-order valence-corrected chi connectivity index (χ0v) is 32.1. The Labute approximate surface area is 298 Å². The molecule has 0 aromatic rings. The highest BCUT2D eigenvalue weighted by atomic mass is 32.2. The maximum absolute atomic E-state index is 14.7. The van der Waals surface area contributed by atoms with Crippen molar-refractivity contribution in [3.05, 3.63) is 0 Å². The summed E-state index contributed by atoms with van der Waals surface area (Å²) >= 11 is 0. The smallest absolute Gasteiger partial charge is 0.315 e. The van der Waals surface area contributed by atoms with Crippen LogP contribution in [0.3, 0.4) is 0 Å². The number of hydrogen-bond acceptors (Lipinski definition) is 7. The van der Waals surface area contributed by atoms with Gasteiger partial charge in [-0.2, -0.15) is 0 Å². The number of fused-ring (bicyclic) bond motifs is 1. The molecular weight excluding hydrogens is 659 g/mol. The molecule has 4 aliphatic carbocycles. The van der Waals surface area contributed by atoms with Gasteiger partial charge in [-0.3, -0.25) is 19.2 Å². The number of likely N-dealkylation sites (N-methyl/N-ethyl adjacent to an activating group) is 1. The Bertz CT molecular complexity index is 1460. The molecule has 5 rings (SSSR count). The highest BCUT2D eigenvalue weighted by Crippen LogP contribution is 2.65. The SMILES string of the molecule is CCNC(=O)C(=O)C1(NC(=O)[C@@H]2C3C(CN2C(=O)[C@H](NC(=O)NC2(CS(=O)(=O)C(C)(C)C)CCCCC2)C2CCCCC2)C3(C)C)C[C@H]1CC. The first-order valence-electron chi connectivity index (χ1n) is 19.1. The largest absolute Gasteiger partial charge is 0.350 e. The Balaban J connectivity index is 1.39. The second kappa shape index (κ2) is 14.0. The van der Waals surface area contributed by atoms with Crippen LogP contribution in [0.4, 0.5) is 4.79 Å². The number of piperidine rings is 1. The van der Waals surface area contributed by atoms with E-state index in [2.05, 4.69) is 35.1 Å². The van der Waals surface area contributed by atoms with E-state index in [1.165, 1.54) is 0 Å². The molecule has 4 N–H and O–H groups in total. The highest BCUT2D eigenvalue weighted by molar-refractivity contribution is 7.92. The van der Waals surface area contributed by atoms with Crippen LogP contribution in [0.5, 0.6) is 0 Å². The van der Waals surface area contributed by atoms with Crippen LogP contribution in [0, 0.1) is 29.1 Å². The second-order valence-corrected chi connectivity index (χ2v) is 20.3. The topological polar surface area (TPSA) is 171 Å². The van der Waals surface area contributed by atoms with E-state index in [-0.39, 0.29) is 40.7 Å². The van der Waals surface area contributed by atoms with Crippen molar-refractivity contribution >= 4 is 39.4 Å². The van der Waals surface area contributed by atoms with Gasteiger partial charge in [0.1, 0.15) is 17.6 Å². The molecule has 50 heavy (non-hydrogen) atoms. The van der Waals surface area contributed by atoms with E-state index in [9.17, 15) is 32.4 Å². The summed E-state index contributed by atoms with van der Waals surface area (Å²) in [5.41, 5.74) is -2.39. The highest BCUT2D eigenvalue weighted by Gasteiger charge is 2.71.